The minimum absolute atomic E-state index is 0.0522. The molecule has 6 nitrogen and oxygen atoms in total. The number of carbonyl (C=O) groups is 2. The Hall–Kier alpha value is -1.59. The number of ether oxygens (including phenoxy) is 2. The number of nitrogens with one attached hydrogen (secondary N) is 1. The summed E-state index contributed by atoms with van der Waals surface area (Å²) in [6.07, 6.45) is 7.46. The SMILES string of the molecule is CC(=O)OC1CCCCC1=NNC1CCCCC1OC=O. The van der Waals surface area contributed by atoms with E-state index in [1.54, 1.807) is 0 Å². The predicted octanol–water partition coefficient (Wildman–Crippen LogP) is 1.92. The lowest BCUT2D eigenvalue weighted by Crippen LogP contribution is -2.42. The van der Waals surface area contributed by atoms with Crippen molar-refractivity contribution in [1.82, 2.24) is 5.43 Å². The lowest BCUT2D eigenvalue weighted by Gasteiger charge is -2.30. The zero-order valence-electron chi connectivity index (χ0n) is 12.5. The molecule has 3 unspecified atom stereocenters. The van der Waals surface area contributed by atoms with E-state index in [1.807, 2.05) is 0 Å². The number of hydrogen-bond acceptors (Lipinski definition) is 6. The normalized spacial score (nSPS) is 31.5. The van der Waals surface area contributed by atoms with Gasteiger partial charge in [0, 0.05) is 6.92 Å². The van der Waals surface area contributed by atoms with Crippen LogP contribution in [0.4, 0.5) is 0 Å². The van der Waals surface area contributed by atoms with Crippen LogP contribution in [0.15, 0.2) is 5.10 Å². The van der Waals surface area contributed by atoms with Gasteiger partial charge in [-0.05, 0) is 44.9 Å². The lowest BCUT2D eigenvalue weighted by atomic mass is 9.93. The molecule has 0 aliphatic heterocycles. The van der Waals surface area contributed by atoms with Gasteiger partial charge < -0.3 is 14.9 Å². The molecule has 0 radical (unpaired) electrons. The predicted molar refractivity (Wildman–Crippen MR) is 77.8 cm³/mol. The topological polar surface area (TPSA) is 77.0 Å². The quantitative estimate of drug-likeness (QED) is 0.476. The van der Waals surface area contributed by atoms with E-state index in [0.717, 1.165) is 57.1 Å². The number of carbonyl (C=O) groups excluding carboxylic acids is 2. The first kappa shape index (κ1) is 15.8. The molecule has 2 saturated carbocycles. The Morgan fingerprint density at radius 3 is 2.76 bits per heavy atom. The first-order valence-electron chi connectivity index (χ1n) is 7.79. The summed E-state index contributed by atoms with van der Waals surface area (Å²) in [5.41, 5.74) is 4.04. The monoisotopic (exact) mass is 296 g/mol. The van der Waals surface area contributed by atoms with E-state index in [2.05, 4.69) is 10.5 Å². The first-order valence-corrected chi connectivity index (χ1v) is 7.79. The van der Waals surface area contributed by atoms with Gasteiger partial charge in [0.05, 0.1) is 11.8 Å². The third kappa shape index (κ3) is 4.72. The molecule has 0 spiro atoms. The van der Waals surface area contributed by atoms with Gasteiger partial charge >= 0.3 is 5.97 Å². The summed E-state index contributed by atoms with van der Waals surface area (Å²) < 4.78 is 10.4. The lowest BCUT2D eigenvalue weighted by molar-refractivity contribution is -0.144. The van der Waals surface area contributed by atoms with Crippen LogP contribution in [0.2, 0.25) is 0 Å². The molecule has 0 aromatic carbocycles. The Morgan fingerprint density at radius 1 is 1.24 bits per heavy atom. The second kappa shape index (κ2) is 8.00. The highest BCUT2D eigenvalue weighted by Gasteiger charge is 2.28. The number of hydrogen-bond donors (Lipinski definition) is 1. The van der Waals surface area contributed by atoms with Crippen LogP contribution in [-0.4, -0.2) is 36.4 Å². The van der Waals surface area contributed by atoms with Crippen molar-refractivity contribution in [3.05, 3.63) is 0 Å². The van der Waals surface area contributed by atoms with Gasteiger partial charge in [-0.1, -0.05) is 6.42 Å². The van der Waals surface area contributed by atoms with E-state index in [0.29, 0.717) is 6.47 Å². The summed E-state index contributed by atoms with van der Waals surface area (Å²) in [6, 6.07) is 0.0522. The summed E-state index contributed by atoms with van der Waals surface area (Å²) in [5.74, 6) is -0.269. The molecule has 0 aromatic heterocycles. The third-order valence-electron chi connectivity index (χ3n) is 4.14. The van der Waals surface area contributed by atoms with E-state index in [1.165, 1.54) is 6.92 Å². The van der Waals surface area contributed by atoms with Crippen molar-refractivity contribution in [3.8, 4) is 0 Å². The van der Waals surface area contributed by atoms with Crippen molar-refractivity contribution in [2.75, 3.05) is 0 Å². The van der Waals surface area contributed by atoms with Crippen LogP contribution < -0.4 is 5.43 Å². The molecule has 6 heteroatoms. The number of hydrazone groups is 1. The Bertz CT molecular complexity index is 397. The Kier molecular flexibility index (Phi) is 6.02. The maximum absolute atomic E-state index is 11.1. The summed E-state index contributed by atoms with van der Waals surface area (Å²) in [5, 5.41) is 4.47. The molecule has 2 aliphatic carbocycles. The van der Waals surface area contributed by atoms with Crippen molar-refractivity contribution in [2.24, 2.45) is 5.10 Å². The largest absolute Gasteiger partial charge is 0.462 e. The van der Waals surface area contributed by atoms with Gasteiger partial charge in [0.15, 0.2) is 0 Å². The molecular formula is C15H24N2O4. The number of rotatable bonds is 5. The fourth-order valence-electron chi connectivity index (χ4n) is 3.06. The van der Waals surface area contributed by atoms with E-state index in [-0.39, 0.29) is 24.2 Å². The van der Waals surface area contributed by atoms with Crippen molar-refractivity contribution in [2.45, 2.75) is 76.5 Å². The molecule has 2 fully saturated rings. The van der Waals surface area contributed by atoms with Crippen LogP contribution in [0.5, 0.6) is 0 Å². The summed E-state index contributed by atoms with van der Waals surface area (Å²) in [7, 11) is 0. The van der Waals surface area contributed by atoms with Crippen molar-refractivity contribution in [1.29, 1.82) is 0 Å². The molecule has 2 rings (SSSR count). The molecule has 0 aromatic rings. The second-order valence-corrected chi connectivity index (χ2v) is 5.74. The molecular weight excluding hydrogens is 272 g/mol. The smallest absolute Gasteiger partial charge is 0.303 e. The van der Waals surface area contributed by atoms with Gasteiger partial charge in [-0.2, -0.15) is 5.10 Å². The Labute approximate surface area is 125 Å². The maximum atomic E-state index is 11.1. The van der Waals surface area contributed by atoms with Gasteiger partial charge in [-0.25, -0.2) is 0 Å². The second-order valence-electron chi connectivity index (χ2n) is 5.74. The minimum Gasteiger partial charge on any atom is -0.462 e. The van der Waals surface area contributed by atoms with Crippen LogP contribution in [0.1, 0.15) is 58.3 Å². The van der Waals surface area contributed by atoms with Crippen LogP contribution in [0, 0.1) is 0 Å². The molecule has 0 saturated heterocycles. The van der Waals surface area contributed by atoms with Gasteiger partial charge in [0.2, 0.25) is 0 Å². The average molecular weight is 296 g/mol. The van der Waals surface area contributed by atoms with E-state index in [4.69, 9.17) is 9.47 Å². The van der Waals surface area contributed by atoms with Crippen molar-refractivity contribution < 1.29 is 19.1 Å². The minimum atomic E-state index is -0.269. The van der Waals surface area contributed by atoms with Gasteiger partial charge in [0.25, 0.3) is 6.47 Å². The third-order valence-corrected chi connectivity index (χ3v) is 4.14. The summed E-state index contributed by atoms with van der Waals surface area (Å²) in [6.45, 7) is 1.94. The van der Waals surface area contributed by atoms with Crippen LogP contribution in [0.3, 0.4) is 0 Å². The highest BCUT2D eigenvalue weighted by molar-refractivity contribution is 5.90. The van der Waals surface area contributed by atoms with Crippen LogP contribution >= 0.6 is 0 Å². The van der Waals surface area contributed by atoms with Crippen LogP contribution in [-0.2, 0) is 19.1 Å². The van der Waals surface area contributed by atoms with Gasteiger partial charge in [-0.15, -0.1) is 0 Å². The van der Waals surface area contributed by atoms with E-state index >= 15 is 0 Å². The molecule has 21 heavy (non-hydrogen) atoms. The van der Waals surface area contributed by atoms with Crippen molar-refractivity contribution in [3.63, 3.8) is 0 Å². The van der Waals surface area contributed by atoms with E-state index in [9.17, 15) is 9.59 Å². The molecule has 0 amide bonds. The van der Waals surface area contributed by atoms with Gasteiger partial charge in [0.1, 0.15) is 12.2 Å². The zero-order valence-corrected chi connectivity index (χ0v) is 12.5. The van der Waals surface area contributed by atoms with Gasteiger partial charge in [-0.3, -0.25) is 9.59 Å². The molecule has 118 valence electrons. The highest BCUT2D eigenvalue weighted by Crippen LogP contribution is 2.22. The fraction of sp³-hybridized carbons (Fsp3) is 0.800. The Balaban J connectivity index is 1.95. The zero-order chi connectivity index (χ0) is 15.1. The molecule has 0 heterocycles. The number of nitrogens with zero attached hydrogens (tertiary/aromatic N) is 1. The molecule has 1 N–H and O–H groups in total. The number of esters is 1. The molecule has 2 aliphatic rings. The first-order chi connectivity index (χ1) is 10.2. The summed E-state index contributed by atoms with van der Waals surface area (Å²) in [4.78, 5) is 21.7. The molecule has 3 atom stereocenters. The van der Waals surface area contributed by atoms with E-state index < -0.39 is 0 Å². The van der Waals surface area contributed by atoms with Crippen molar-refractivity contribution >= 4 is 18.2 Å². The maximum Gasteiger partial charge on any atom is 0.303 e. The fourth-order valence-corrected chi connectivity index (χ4v) is 3.06. The molecule has 0 bridgehead atoms. The average Bonchev–Trinajstić information content (AvgIpc) is 2.47. The highest BCUT2D eigenvalue weighted by atomic mass is 16.5. The van der Waals surface area contributed by atoms with Crippen LogP contribution in [0.25, 0.3) is 0 Å². The Morgan fingerprint density at radius 2 is 2.00 bits per heavy atom. The summed E-state index contributed by atoms with van der Waals surface area (Å²) >= 11 is 0. The standard InChI is InChI=1S/C15H24N2O4/c1-11(19)21-15-9-5-3-7-13(15)17-16-12-6-2-4-8-14(12)20-10-18/h10,12,14-16H,2-9H2,1H3.